The normalized spacial score (nSPS) is 10.7. The summed E-state index contributed by atoms with van der Waals surface area (Å²) in [5.74, 6) is 2.40. The van der Waals surface area contributed by atoms with E-state index in [9.17, 15) is 0 Å². The highest BCUT2D eigenvalue weighted by atomic mass is 79.9. The average Bonchev–Trinajstić information content (AvgIpc) is 2.38. The van der Waals surface area contributed by atoms with E-state index in [2.05, 4.69) is 45.1 Å². The molecule has 20 heavy (non-hydrogen) atoms. The van der Waals surface area contributed by atoms with Gasteiger partial charge in [0.05, 0.1) is 12.1 Å². The number of halogens is 2. The Morgan fingerprint density at radius 1 is 1.25 bits per heavy atom. The lowest BCUT2D eigenvalue weighted by molar-refractivity contribution is 0.415. The van der Waals surface area contributed by atoms with E-state index in [1.54, 1.807) is 13.2 Å². The van der Waals surface area contributed by atoms with Gasteiger partial charge in [0.15, 0.2) is 0 Å². The Morgan fingerprint density at radius 3 is 2.60 bits per heavy atom. The lowest BCUT2D eigenvalue weighted by Gasteiger charge is -2.11. The summed E-state index contributed by atoms with van der Waals surface area (Å²) in [6.07, 6.45) is 0. The Balaban J connectivity index is 2.27. The maximum atomic E-state index is 6.10. The van der Waals surface area contributed by atoms with Crippen molar-refractivity contribution in [1.29, 1.82) is 0 Å². The fourth-order valence-corrected chi connectivity index (χ4v) is 2.31. The first-order chi connectivity index (χ1) is 9.49. The van der Waals surface area contributed by atoms with Crippen LogP contribution in [-0.2, 0) is 0 Å². The topological polar surface area (TPSA) is 47.0 Å². The van der Waals surface area contributed by atoms with E-state index in [0.717, 1.165) is 21.9 Å². The molecule has 0 fully saturated rings. The van der Waals surface area contributed by atoms with E-state index in [4.69, 9.17) is 16.3 Å². The summed E-state index contributed by atoms with van der Waals surface area (Å²) >= 11 is 9.50. The standard InChI is InChI=1S/C14H15BrClN3O/c1-8(2)14-18-12(15)7-13(19-14)17-9-4-5-11(20-3)10(16)6-9/h4-8H,1-3H3,(H,17,18,19). The fourth-order valence-electron chi connectivity index (χ4n) is 1.65. The molecule has 0 saturated carbocycles. The molecule has 0 spiro atoms. The second-order valence-electron chi connectivity index (χ2n) is 4.56. The van der Waals surface area contributed by atoms with Gasteiger partial charge in [0.2, 0.25) is 0 Å². The van der Waals surface area contributed by atoms with Crippen molar-refractivity contribution in [3.63, 3.8) is 0 Å². The molecule has 0 unspecified atom stereocenters. The van der Waals surface area contributed by atoms with Gasteiger partial charge in [0, 0.05) is 17.7 Å². The van der Waals surface area contributed by atoms with Crippen molar-refractivity contribution >= 4 is 39.0 Å². The molecule has 0 atom stereocenters. The minimum absolute atomic E-state index is 0.257. The number of benzene rings is 1. The molecule has 0 amide bonds. The molecule has 0 saturated heterocycles. The molecule has 2 aromatic rings. The van der Waals surface area contributed by atoms with Crippen molar-refractivity contribution in [3.8, 4) is 5.75 Å². The monoisotopic (exact) mass is 355 g/mol. The van der Waals surface area contributed by atoms with Crippen molar-refractivity contribution in [2.75, 3.05) is 12.4 Å². The minimum atomic E-state index is 0.257. The molecule has 0 aliphatic carbocycles. The molecule has 4 nitrogen and oxygen atoms in total. The number of ether oxygens (including phenoxy) is 1. The number of hydrogen-bond donors (Lipinski definition) is 1. The predicted molar refractivity (Wildman–Crippen MR) is 85.1 cm³/mol. The Morgan fingerprint density at radius 2 is 2.00 bits per heavy atom. The van der Waals surface area contributed by atoms with Crippen LogP contribution in [0.4, 0.5) is 11.5 Å². The van der Waals surface area contributed by atoms with Crippen LogP contribution < -0.4 is 10.1 Å². The molecule has 1 N–H and O–H groups in total. The van der Waals surface area contributed by atoms with Crippen LogP contribution in [0.15, 0.2) is 28.9 Å². The van der Waals surface area contributed by atoms with E-state index < -0.39 is 0 Å². The van der Waals surface area contributed by atoms with E-state index in [-0.39, 0.29) is 5.92 Å². The third-order valence-electron chi connectivity index (χ3n) is 2.65. The van der Waals surface area contributed by atoms with E-state index in [1.807, 2.05) is 18.2 Å². The summed E-state index contributed by atoms with van der Waals surface area (Å²) in [5, 5.41) is 3.76. The number of nitrogens with one attached hydrogen (secondary N) is 1. The van der Waals surface area contributed by atoms with Crippen LogP contribution in [-0.4, -0.2) is 17.1 Å². The molecule has 1 heterocycles. The van der Waals surface area contributed by atoms with Gasteiger partial charge in [-0.25, -0.2) is 9.97 Å². The zero-order valence-corrected chi connectivity index (χ0v) is 13.8. The third kappa shape index (κ3) is 3.61. The first-order valence-electron chi connectivity index (χ1n) is 6.14. The fraction of sp³-hybridized carbons (Fsp3) is 0.286. The Bertz CT molecular complexity index is 619. The molecular weight excluding hydrogens is 342 g/mol. The summed E-state index contributed by atoms with van der Waals surface area (Å²) in [4.78, 5) is 8.81. The van der Waals surface area contributed by atoms with E-state index >= 15 is 0 Å². The van der Waals surface area contributed by atoms with Gasteiger partial charge in [-0.2, -0.15) is 0 Å². The molecule has 6 heteroatoms. The van der Waals surface area contributed by atoms with E-state index in [0.29, 0.717) is 10.8 Å². The van der Waals surface area contributed by atoms with Crippen molar-refractivity contribution in [3.05, 3.63) is 39.7 Å². The number of nitrogens with zero attached hydrogens (tertiary/aromatic N) is 2. The van der Waals surface area contributed by atoms with E-state index in [1.165, 1.54) is 0 Å². The van der Waals surface area contributed by atoms with Gasteiger partial charge in [0.1, 0.15) is 22.0 Å². The molecule has 0 aliphatic heterocycles. The molecule has 1 aromatic heterocycles. The second-order valence-corrected chi connectivity index (χ2v) is 5.78. The van der Waals surface area contributed by atoms with Crippen LogP contribution in [0.3, 0.4) is 0 Å². The first kappa shape index (κ1) is 15.1. The molecule has 106 valence electrons. The first-order valence-corrected chi connectivity index (χ1v) is 7.31. The Kier molecular flexibility index (Phi) is 4.83. The number of aromatic nitrogens is 2. The third-order valence-corrected chi connectivity index (χ3v) is 3.35. The van der Waals surface area contributed by atoms with Crippen molar-refractivity contribution < 1.29 is 4.74 Å². The highest BCUT2D eigenvalue weighted by Gasteiger charge is 2.08. The predicted octanol–water partition coefficient (Wildman–Crippen LogP) is 4.77. The van der Waals surface area contributed by atoms with Gasteiger partial charge in [-0.15, -0.1) is 0 Å². The lowest BCUT2D eigenvalue weighted by Crippen LogP contribution is -2.02. The van der Waals surface area contributed by atoms with Crippen LogP contribution in [0.25, 0.3) is 0 Å². The number of anilines is 2. The zero-order chi connectivity index (χ0) is 14.7. The van der Waals surface area contributed by atoms with Crippen molar-refractivity contribution in [2.45, 2.75) is 19.8 Å². The SMILES string of the molecule is COc1ccc(Nc2cc(Br)nc(C(C)C)n2)cc1Cl. The molecule has 1 aromatic carbocycles. The van der Waals surface area contributed by atoms with Crippen LogP contribution in [0, 0.1) is 0 Å². The largest absolute Gasteiger partial charge is 0.495 e. The maximum absolute atomic E-state index is 6.10. The zero-order valence-electron chi connectivity index (χ0n) is 11.4. The van der Waals surface area contributed by atoms with Gasteiger partial charge in [0.25, 0.3) is 0 Å². The summed E-state index contributed by atoms with van der Waals surface area (Å²) in [7, 11) is 1.59. The quantitative estimate of drug-likeness (QED) is 0.802. The highest BCUT2D eigenvalue weighted by Crippen LogP contribution is 2.29. The molecular formula is C14H15BrClN3O. The highest BCUT2D eigenvalue weighted by molar-refractivity contribution is 9.10. The molecule has 0 aliphatic rings. The van der Waals surface area contributed by atoms with Crippen LogP contribution in [0.1, 0.15) is 25.6 Å². The van der Waals surface area contributed by atoms with Gasteiger partial charge in [-0.05, 0) is 34.1 Å². The summed E-state index contributed by atoms with van der Waals surface area (Å²) in [6, 6.07) is 7.31. The van der Waals surface area contributed by atoms with Gasteiger partial charge < -0.3 is 10.1 Å². The number of methoxy groups -OCH3 is 1. The summed E-state index contributed by atoms with van der Waals surface area (Å²) < 4.78 is 5.88. The van der Waals surface area contributed by atoms with Gasteiger partial charge in [-0.3, -0.25) is 0 Å². The van der Waals surface area contributed by atoms with Gasteiger partial charge in [-0.1, -0.05) is 25.4 Å². The minimum Gasteiger partial charge on any atom is -0.495 e. The number of rotatable bonds is 4. The van der Waals surface area contributed by atoms with Gasteiger partial charge >= 0.3 is 0 Å². The molecule has 2 rings (SSSR count). The number of hydrogen-bond acceptors (Lipinski definition) is 4. The average molecular weight is 357 g/mol. The Hall–Kier alpha value is -1.33. The van der Waals surface area contributed by atoms with Crippen LogP contribution in [0.5, 0.6) is 5.75 Å². The van der Waals surface area contributed by atoms with Crippen molar-refractivity contribution in [2.24, 2.45) is 0 Å². The van der Waals surface area contributed by atoms with Crippen molar-refractivity contribution in [1.82, 2.24) is 9.97 Å². The second kappa shape index (κ2) is 6.41. The summed E-state index contributed by atoms with van der Waals surface area (Å²) in [5.41, 5.74) is 0.844. The Labute approximate surface area is 131 Å². The maximum Gasteiger partial charge on any atom is 0.137 e. The summed E-state index contributed by atoms with van der Waals surface area (Å²) in [6.45, 7) is 4.10. The van der Waals surface area contributed by atoms with Crippen LogP contribution >= 0.6 is 27.5 Å². The molecule has 0 bridgehead atoms. The lowest BCUT2D eigenvalue weighted by atomic mass is 10.2. The molecule has 0 radical (unpaired) electrons. The smallest absolute Gasteiger partial charge is 0.137 e. The van der Waals surface area contributed by atoms with Crippen LogP contribution in [0.2, 0.25) is 5.02 Å².